The van der Waals surface area contributed by atoms with Crippen molar-refractivity contribution in [3.8, 4) is 0 Å². The van der Waals surface area contributed by atoms with E-state index in [2.05, 4.69) is 29.0 Å². The van der Waals surface area contributed by atoms with E-state index in [9.17, 15) is 0 Å². The van der Waals surface area contributed by atoms with Gasteiger partial charge in [0.25, 0.3) is 0 Å². The quantitative estimate of drug-likeness (QED) is 0.239. The molecule has 0 aromatic carbocycles. The van der Waals surface area contributed by atoms with Gasteiger partial charge in [-0.3, -0.25) is 9.89 Å². The van der Waals surface area contributed by atoms with E-state index in [4.69, 9.17) is 5.73 Å². The molecular weight excluding hydrogens is 318 g/mol. The highest BCUT2D eigenvalue weighted by atomic mass is 15.3. The van der Waals surface area contributed by atoms with Crippen molar-refractivity contribution in [1.29, 1.82) is 0 Å². The average molecular weight is 364 g/mol. The number of aliphatic imine (C=N–C) groups is 1. The highest BCUT2D eigenvalue weighted by molar-refractivity contribution is 5.62. The average Bonchev–Trinajstić information content (AvgIpc) is 3.10. The van der Waals surface area contributed by atoms with Crippen molar-refractivity contribution in [2.24, 2.45) is 10.7 Å². The highest BCUT2D eigenvalue weighted by Gasteiger charge is 2.22. The Labute approximate surface area is 163 Å². The third-order valence-corrected chi connectivity index (χ3v) is 5.46. The van der Waals surface area contributed by atoms with Gasteiger partial charge in [-0.15, -0.1) is 0 Å². The van der Waals surface area contributed by atoms with Gasteiger partial charge in [0.2, 0.25) is 0 Å². The van der Waals surface area contributed by atoms with Crippen molar-refractivity contribution in [3.05, 3.63) is 12.2 Å². The van der Waals surface area contributed by atoms with Crippen molar-refractivity contribution in [3.63, 3.8) is 0 Å². The van der Waals surface area contributed by atoms with E-state index in [1.165, 1.54) is 89.9 Å². The predicted octanol–water partition coefficient (Wildman–Crippen LogP) is 6.43. The second kappa shape index (κ2) is 16.5. The molecule has 3 nitrogen and oxygen atoms in total. The van der Waals surface area contributed by atoms with Crippen LogP contribution in [0.25, 0.3) is 0 Å². The van der Waals surface area contributed by atoms with Gasteiger partial charge < -0.3 is 5.73 Å². The van der Waals surface area contributed by atoms with Gasteiger partial charge in [-0.25, -0.2) is 0 Å². The molecule has 26 heavy (non-hydrogen) atoms. The van der Waals surface area contributed by atoms with Crippen LogP contribution < -0.4 is 5.73 Å². The lowest BCUT2D eigenvalue weighted by atomic mass is 10.0. The molecule has 0 aliphatic carbocycles. The molecule has 1 heterocycles. The fraction of sp³-hybridized carbons (Fsp3) is 0.870. The van der Waals surface area contributed by atoms with Crippen molar-refractivity contribution in [2.45, 2.75) is 122 Å². The molecule has 152 valence electrons. The summed E-state index contributed by atoms with van der Waals surface area (Å²) < 4.78 is 0. The maximum atomic E-state index is 5.97. The topological polar surface area (TPSA) is 41.6 Å². The Morgan fingerprint density at radius 3 is 2.00 bits per heavy atom. The number of unbranched alkanes of at least 4 members (excludes halogenated alkanes) is 13. The van der Waals surface area contributed by atoms with E-state index in [1.807, 2.05) is 13.1 Å². The van der Waals surface area contributed by atoms with Crippen LogP contribution in [0.15, 0.2) is 17.1 Å². The third-order valence-electron chi connectivity index (χ3n) is 5.46. The lowest BCUT2D eigenvalue weighted by Gasteiger charge is -2.25. The van der Waals surface area contributed by atoms with Gasteiger partial charge >= 0.3 is 0 Å². The summed E-state index contributed by atoms with van der Waals surface area (Å²) in [4.78, 5) is 6.76. The number of rotatable bonds is 17. The Bertz CT molecular complexity index is 362. The van der Waals surface area contributed by atoms with Gasteiger partial charge in [-0.2, -0.15) is 0 Å². The lowest BCUT2D eigenvalue weighted by molar-refractivity contribution is 0.194. The summed E-state index contributed by atoms with van der Waals surface area (Å²) in [6.45, 7) is 5.23. The normalized spacial score (nSPS) is 19.0. The maximum Gasteiger partial charge on any atom is 0.107 e. The van der Waals surface area contributed by atoms with E-state index in [0.717, 1.165) is 13.0 Å². The van der Waals surface area contributed by atoms with Crippen LogP contribution in [-0.2, 0) is 0 Å². The molecule has 0 bridgehead atoms. The minimum atomic E-state index is 0.0944. The number of nitrogens with two attached hydrogens (primary N) is 1. The van der Waals surface area contributed by atoms with Gasteiger partial charge in [0.1, 0.15) is 6.17 Å². The number of hydrogen-bond donors (Lipinski definition) is 1. The molecule has 2 unspecified atom stereocenters. The van der Waals surface area contributed by atoms with Crippen LogP contribution in [0.3, 0.4) is 0 Å². The molecule has 0 aromatic rings. The molecule has 0 spiro atoms. The summed E-state index contributed by atoms with van der Waals surface area (Å²) in [6.07, 6.45) is 27.7. The largest absolute Gasteiger partial charge is 0.316 e. The number of nitrogens with zero attached hydrogens (tertiary/aromatic N) is 2. The molecule has 2 atom stereocenters. The zero-order valence-electron chi connectivity index (χ0n) is 17.7. The smallest absolute Gasteiger partial charge is 0.107 e. The summed E-state index contributed by atoms with van der Waals surface area (Å²) in [5.41, 5.74) is 5.97. The second-order valence-corrected chi connectivity index (χ2v) is 7.99. The Morgan fingerprint density at radius 1 is 0.923 bits per heavy atom. The van der Waals surface area contributed by atoms with Gasteiger partial charge in [0, 0.05) is 19.2 Å². The number of allylic oxidation sites excluding steroid dienone is 1. The van der Waals surface area contributed by atoms with Crippen LogP contribution in [0.2, 0.25) is 0 Å². The summed E-state index contributed by atoms with van der Waals surface area (Å²) in [5, 5.41) is 0. The van der Waals surface area contributed by atoms with Crippen LogP contribution in [0.4, 0.5) is 0 Å². The Kier molecular flexibility index (Phi) is 14.8. The molecule has 1 aliphatic rings. The first-order valence-corrected chi connectivity index (χ1v) is 11.4. The Morgan fingerprint density at radius 2 is 1.46 bits per heavy atom. The molecule has 1 rings (SSSR count). The monoisotopic (exact) mass is 363 g/mol. The molecule has 0 aromatic heterocycles. The van der Waals surface area contributed by atoms with E-state index < -0.39 is 0 Å². The lowest BCUT2D eigenvalue weighted by Crippen LogP contribution is -2.43. The van der Waals surface area contributed by atoms with Crippen LogP contribution in [0.1, 0.15) is 110 Å². The first-order valence-electron chi connectivity index (χ1n) is 11.4. The van der Waals surface area contributed by atoms with Crippen LogP contribution in [-0.4, -0.2) is 30.0 Å². The van der Waals surface area contributed by atoms with Gasteiger partial charge in [0.15, 0.2) is 0 Å². The molecular formula is C23H45N3. The van der Waals surface area contributed by atoms with Crippen LogP contribution in [0.5, 0.6) is 0 Å². The Balaban J connectivity index is 1.81. The molecule has 0 amide bonds. The SMILES string of the molecule is CCCCCCCCCCCCCCC/C=C/CC1N=CCN1C(C)N. The third kappa shape index (κ3) is 11.9. The summed E-state index contributed by atoms with van der Waals surface area (Å²) in [5.74, 6) is 0. The number of hydrogen-bond acceptors (Lipinski definition) is 3. The molecule has 0 saturated heterocycles. The van der Waals surface area contributed by atoms with Crippen LogP contribution >= 0.6 is 0 Å². The molecule has 1 aliphatic heterocycles. The molecule has 0 fully saturated rings. The van der Waals surface area contributed by atoms with E-state index in [1.54, 1.807) is 0 Å². The molecule has 0 saturated carbocycles. The first kappa shape index (κ1) is 23.4. The maximum absolute atomic E-state index is 5.97. The summed E-state index contributed by atoms with van der Waals surface area (Å²) >= 11 is 0. The molecule has 0 radical (unpaired) electrons. The van der Waals surface area contributed by atoms with Crippen molar-refractivity contribution in [2.75, 3.05) is 6.54 Å². The zero-order valence-corrected chi connectivity index (χ0v) is 17.7. The minimum absolute atomic E-state index is 0.0944. The van der Waals surface area contributed by atoms with E-state index >= 15 is 0 Å². The first-order chi connectivity index (χ1) is 12.8. The Hall–Kier alpha value is -0.670. The zero-order chi connectivity index (χ0) is 18.9. The van der Waals surface area contributed by atoms with E-state index in [-0.39, 0.29) is 12.3 Å². The summed E-state index contributed by atoms with van der Waals surface area (Å²) in [6, 6.07) is 0. The van der Waals surface area contributed by atoms with Crippen molar-refractivity contribution < 1.29 is 0 Å². The molecule has 3 heteroatoms. The fourth-order valence-electron chi connectivity index (χ4n) is 3.72. The standard InChI is InChI=1S/C23H45N3/c1-3-4-5-6-7-8-9-10-11-12-13-14-15-16-17-18-19-23-25-20-21-26(23)22(2)24/h17-18,20,22-23H,3-16,19,21,24H2,1-2H3/b18-17+. The van der Waals surface area contributed by atoms with Gasteiger partial charge in [-0.1, -0.05) is 96.1 Å². The van der Waals surface area contributed by atoms with E-state index in [0.29, 0.717) is 0 Å². The highest BCUT2D eigenvalue weighted by Crippen LogP contribution is 2.15. The van der Waals surface area contributed by atoms with Crippen molar-refractivity contribution >= 4 is 6.21 Å². The molecule has 2 N–H and O–H groups in total. The van der Waals surface area contributed by atoms with Gasteiger partial charge in [0.05, 0.1) is 6.17 Å². The predicted molar refractivity (Wildman–Crippen MR) is 117 cm³/mol. The minimum Gasteiger partial charge on any atom is -0.316 e. The van der Waals surface area contributed by atoms with Crippen LogP contribution in [0, 0.1) is 0 Å². The fourth-order valence-corrected chi connectivity index (χ4v) is 3.72. The van der Waals surface area contributed by atoms with Crippen molar-refractivity contribution in [1.82, 2.24) is 4.90 Å². The summed E-state index contributed by atoms with van der Waals surface area (Å²) in [7, 11) is 0. The second-order valence-electron chi connectivity index (χ2n) is 7.99. The van der Waals surface area contributed by atoms with Gasteiger partial charge in [-0.05, 0) is 19.8 Å².